The van der Waals surface area contributed by atoms with E-state index in [9.17, 15) is 0 Å². The molecule has 0 bridgehead atoms. The fourth-order valence-electron chi connectivity index (χ4n) is 5.40. The topological polar surface area (TPSA) is 0 Å². The van der Waals surface area contributed by atoms with Crippen molar-refractivity contribution in [1.82, 2.24) is 0 Å². The molecule has 0 saturated carbocycles. The summed E-state index contributed by atoms with van der Waals surface area (Å²) in [5.74, 6) is 0. The summed E-state index contributed by atoms with van der Waals surface area (Å²) < 4.78 is 0. The van der Waals surface area contributed by atoms with E-state index in [1.54, 1.807) is 0 Å². The van der Waals surface area contributed by atoms with Crippen molar-refractivity contribution in [1.29, 1.82) is 0 Å². The summed E-state index contributed by atoms with van der Waals surface area (Å²) in [5, 5.41) is 8.89. The third-order valence-corrected chi connectivity index (χ3v) is 34.2. The Labute approximate surface area is 253 Å². The summed E-state index contributed by atoms with van der Waals surface area (Å²) in [6, 6.07) is 68.4. The molecule has 6 rings (SSSR count). The van der Waals surface area contributed by atoms with Crippen LogP contribution < -0.4 is 31.8 Å². The monoisotopic (exact) mass is 660 g/mol. The van der Waals surface area contributed by atoms with Gasteiger partial charge in [0.15, 0.2) is 0 Å². The van der Waals surface area contributed by atoms with Crippen LogP contribution >= 0.6 is 10.9 Å². The minimum absolute atomic E-state index is 0.381. The second-order valence-corrected chi connectivity index (χ2v) is 26.5. The van der Waals surface area contributed by atoms with Gasteiger partial charge in [-0.1, -0.05) is 0 Å². The van der Waals surface area contributed by atoms with Gasteiger partial charge in [-0.2, -0.15) is 0 Å². The molecule has 0 atom stereocenters. The molecule has 0 unspecified atom stereocenters. The molecule has 0 N–H and O–H groups in total. The van der Waals surface area contributed by atoms with E-state index in [0.717, 1.165) is 0 Å². The van der Waals surface area contributed by atoms with E-state index >= 15 is 0 Å². The van der Waals surface area contributed by atoms with Crippen LogP contribution in [0.5, 0.6) is 0 Å². The summed E-state index contributed by atoms with van der Waals surface area (Å²) in [6.45, 7) is 6.00. The van der Waals surface area contributed by atoms with Crippen LogP contribution in [0.4, 0.5) is 0 Å². The molecule has 0 radical (unpaired) electrons. The number of hydrogen-bond donors (Lipinski definition) is 0. The zero-order valence-corrected chi connectivity index (χ0v) is 26.6. The first-order valence-electron chi connectivity index (χ1n) is 13.8. The van der Waals surface area contributed by atoms with Crippen LogP contribution in [0.3, 0.4) is 0 Å². The SMILES string of the molecule is C=C.c1ccc([PH]([Pd][PH](c2ccccc2)(c2ccccc2)c2ccccc2)(c2ccccc2)c2ccccc2)cc1. The molecule has 0 saturated heterocycles. The third-order valence-electron chi connectivity index (χ3n) is 7.16. The van der Waals surface area contributed by atoms with Gasteiger partial charge in [-0.15, -0.1) is 13.2 Å². The zero-order chi connectivity index (χ0) is 28.4. The van der Waals surface area contributed by atoms with Gasteiger partial charge >= 0.3 is 242 Å². The molecular formula is C38H36P2Pd. The zero-order valence-electron chi connectivity index (χ0n) is 23.1. The number of rotatable bonds is 8. The quantitative estimate of drug-likeness (QED) is 0.0924. The Morgan fingerprint density at radius 2 is 0.415 bits per heavy atom. The van der Waals surface area contributed by atoms with E-state index < -0.39 is 10.9 Å². The Morgan fingerprint density at radius 1 is 0.268 bits per heavy atom. The van der Waals surface area contributed by atoms with Crippen molar-refractivity contribution in [3.8, 4) is 0 Å². The van der Waals surface area contributed by atoms with E-state index in [-0.39, 0.29) is 0 Å². The van der Waals surface area contributed by atoms with Crippen molar-refractivity contribution in [2.75, 3.05) is 0 Å². The Kier molecular flexibility index (Phi) is 9.91. The van der Waals surface area contributed by atoms with Crippen molar-refractivity contribution in [2.45, 2.75) is 0 Å². The first-order valence-corrected chi connectivity index (χ1v) is 22.1. The second-order valence-electron chi connectivity index (χ2n) is 9.50. The molecule has 0 spiro atoms. The van der Waals surface area contributed by atoms with Gasteiger partial charge in [-0.05, 0) is 0 Å². The number of hydrogen-bond acceptors (Lipinski definition) is 0. The van der Waals surface area contributed by atoms with E-state index in [1.807, 2.05) is 0 Å². The van der Waals surface area contributed by atoms with Crippen LogP contribution in [-0.4, -0.2) is 0 Å². The van der Waals surface area contributed by atoms with Crippen LogP contribution in [0.2, 0.25) is 0 Å². The van der Waals surface area contributed by atoms with Gasteiger partial charge in [-0.3, -0.25) is 0 Å². The third kappa shape index (κ3) is 5.84. The molecule has 0 heterocycles. The molecule has 0 aromatic heterocycles. The molecule has 0 aliphatic rings. The molecule has 208 valence electrons. The van der Waals surface area contributed by atoms with E-state index in [2.05, 4.69) is 195 Å². The predicted octanol–water partition coefficient (Wildman–Crippen LogP) is 7.15. The van der Waals surface area contributed by atoms with Gasteiger partial charge in [-0.25, -0.2) is 0 Å². The molecule has 0 aliphatic heterocycles. The first kappa shape index (κ1) is 29.1. The Hall–Kier alpha value is -3.42. The molecule has 0 aliphatic carbocycles. The van der Waals surface area contributed by atoms with Crippen molar-refractivity contribution in [3.63, 3.8) is 0 Å². The van der Waals surface area contributed by atoms with Gasteiger partial charge < -0.3 is 0 Å². The molecule has 6 aromatic rings. The summed E-state index contributed by atoms with van der Waals surface area (Å²) in [6.07, 6.45) is 0. The first-order chi connectivity index (χ1) is 20.3. The fourth-order valence-corrected chi connectivity index (χ4v) is 39.4. The summed E-state index contributed by atoms with van der Waals surface area (Å²) >= 11 is 0.381. The molecule has 6 aromatic carbocycles. The molecule has 41 heavy (non-hydrogen) atoms. The standard InChI is InChI=1S/2C18H15P.C2H4.Pd/c2*1-4-10-16(11-5-1)19(17-12-6-2-7-13-17)18-14-8-3-9-15-18;1-2;/h2*1-15H;1-2H2;/q;;;-2/p+2. The molecular weight excluding hydrogens is 625 g/mol. The van der Waals surface area contributed by atoms with Crippen LogP contribution in [0.1, 0.15) is 0 Å². The van der Waals surface area contributed by atoms with Gasteiger partial charge in [0.25, 0.3) is 0 Å². The molecule has 0 fully saturated rings. The van der Waals surface area contributed by atoms with Gasteiger partial charge in [0.05, 0.1) is 0 Å². The Balaban J connectivity index is 0.00000165. The van der Waals surface area contributed by atoms with Crippen molar-refractivity contribution < 1.29 is 17.0 Å². The van der Waals surface area contributed by atoms with E-state index in [4.69, 9.17) is 0 Å². The van der Waals surface area contributed by atoms with E-state index in [0.29, 0.717) is 17.0 Å². The fraction of sp³-hybridized carbons (Fsp3) is 0. The van der Waals surface area contributed by atoms with Gasteiger partial charge in [0.2, 0.25) is 0 Å². The average Bonchev–Trinajstić information content (AvgIpc) is 3.09. The van der Waals surface area contributed by atoms with Gasteiger partial charge in [0.1, 0.15) is 0 Å². The minimum atomic E-state index is -2.50. The number of benzene rings is 6. The normalized spacial score (nSPS) is 12.1. The van der Waals surface area contributed by atoms with Gasteiger partial charge in [0, 0.05) is 0 Å². The summed E-state index contributed by atoms with van der Waals surface area (Å²) in [7, 11) is 0. The Morgan fingerprint density at radius 3 is 0.561 bits per heavy atom. The van der Waals surface area contributed by atoms with Crippen molar-refractivity contribution in [2.24, 2.45) is 0 Å². The van der Waals surface area contributed by atoms with Crippen LogP contribution in [0.25, 0.3) is 0 Å². The maximum atomic E-state index is 3.00. The van der Waals surface area contributed by atoms with Crippen LogP contribution in [0.15, 0.2) is 195 Å². The average molecular weight is 661 g/mol. The summed E-state index contributed by atoms with van der Waals surface area (Å²) in [5.41, 5.74) is -4.99. The predicted molar refractivity (Wildman–Crippen MR) is 184 cm³/mol. The second kappa shape index (κ2) is 14.0. The molecule has 0 nitrogen and oxygen atoms in total. The van der Waals surface area contributed by atoms with Crippen LogP contribution in [0, 0.1) is 0 Å². The van der Waals surface area contributed by atoms with Crippen molar-refractivity contribution >= 4 is 42.7 Å². The molecule has 0 amide bonds. The summed E-state index contributed by atoms with van der Waals surface area (Å²) in [4.78, 5) is 0. The van der Waals surface area contributed by atoms with E-state index in [1.165, 1.54) is 31.8 Å². The molecule has 3 heteroatoms. The Bertz CT molecular complexity index is 1290. The van der Waals surface area contributed by atoms with Crippen molar-refractivity contribution in [3.05, 3.63) is 195 Å². The maximum absolute atomic E-state index is 3.00. The van der Waals surface area contributed by atoms with Crippen LogP contribution in [-0.2, 0) is 17.0 Å².